The van der Waals surface area contributed by atoms with Gasteiger partial charge >= 0.3 is 0 Å². The average Bonchev–Trinajstić information content (AvgIpc) is 2.66. The minimum absolute atomic E-state index is 0.163. The molecule has 0 saturated carbocycles. The van der Waals surface area contributed by atoms with Crippen LogP contribution in [0.15, 0.2) is 65.6 Å². The highest BCUT2D eigenvalue weighted by Crippen LogP contribution is 2.24. The molecule has 0 aliphatic heterocycles. The number of benzene rings is 3. The van der Waals surface area contributed by atoms with Crippen LogP contribution in [0.2, 0.25) is 0 Å². The monoisotopic (exact) mass is 412 g/mol. The predicted molar refractivity (Wildman–Crippen MR) is 115 cm³/mol. The SMILES string of the molecule is Cc1cc(S(=O)(=O)NC(C)C)ccc1OCC(=O)Nc1cccc2ccccc12. The number of fused-ring (bicyclic) bond motifs is 1. The van der Waals surface area contributed by atoms with Crippen LogP contribution in [-0.2, 0) is 14.8 Å². The smallest absolute Gasteiger partial charge is 0.262 e. The number of carbonyl (C=O) groups excluding carboxylic acids is 1. The van der Waals surface area contributed by atoms with E-state index in [1.807, 2.05) is 42.5 Å². The van der Waals surface area contributed by atoms with Gasteiger partial charge in [-0.1, -0.05) is 36.4 Å². The van der Waals surface area contributed by atoms with Gasteiger partial charge in [0.05, 0.1) is 4.90 Å². The Kier molecular flexibility index (Phi) is 6.20. The number of carbonyl (C=O) groups is 1. The number of rotatable bonds is 7. The Morgan fingerprint density at radius 1 is 1.03 bits per heavy atom. The van der Waals surface area contributed by atoms with E-state index >= 15 is 0 Å². The van der Waals surface area contributed by atoms with E-state index in [9.17, 15) is 13.2 Å². The van der Waals surface area contributed by atoms with Gasteiger partial charge in [-0.15, -0.1) is 0 Å². The van der Waals surface area contributed by atoms with E-state index in [0.29, 0.717) is 11.3 Å². The maximum Gasteiger partial charge on any atom is 0.262 e. The van der Waals surface area contributed by atoms with Gasteiger partial charge < -0.3 is 10.1 Å². The Labute approximate surface area is 170 Å². The van der Waals surface area contributed by atoms with Crippen LogP contribution in [-0.4, -0.2) is 27.0 Å². The summed E-state index contributed by atoms with van der Waals surface area (Å²) in [5, 5.41) is 4.85. The third-order valence-corrected chi connectivity index (χ3v) is 5.93. The molecule has 0 saturated heterocycles. The van der Waals surface area contributed by atoms with Crippen molar-refractivity contribution in [3.8, 4) is 5.75 Å². The number of ether oxygens (including phenoxy) is 1. The number of anilines is 1. The molecule has 3 rings (SSSR count). The molecule has 2 N–H and O–H groups in total. The minimum atomic E-state index is -3.58. The van der Waals surface area contributed by atoms with Crippen molar-refractivity contribution in [3.63, 3.8) is 0 Å². The number of aryl methyl sites for hydroxylation is 1. The number of amides is 1. The summed E-state index contributed by atoms with van der Waals surface area (Å²) in [6.07, 6.45) is 0. The standard InChI is InChI=1S/C22H24N2O4S/c1-15(2)24-29(26,27)18-11-12-21(16(3)13-18)28-14-22(25)23-20-10-6-8-17-7-4-5-9-19(17)20/h4-13,15,24H,14H2,1-3H3,(H,23,25). The molecule has 152 valence electrons. The number of hydrogen-bond acceptors (Lipinski definition) is 4. The van der Waals surface area contributed by atoms with Crippen LogP contribution >= 0.6 is 0 Å². The van der Waals surface area contributed by atoms with Gasteiger partial charge in [0.1, 0.15) is 5.75 Å². The molecule has 6 nitrogen and oxygen atoms in total. The molecular weight excluding hydrogens is 388 g/mol. The van der Waals surface area contributed by atoms with Crippen LogP contribution in [0, 0.1) is 6.92 Å². The Hall–Kier alpha value is -2.90. The largest absolute Gasteiger partial charge is 0.483 e. The molecule has 0 unspecified atom stereocenters. The fourth-order valence-electron chi connectivity index (χ4n) is 2.99. The second-order valence-corrected chi connectivity index (χ2v) is 8.78. The summed E-state index contributed by atoms with van der Waals surface area (Å²) in [4.78, 5) is 12.5. The quantitative estimate of drug-likeness (QED) is 0.617. The fourth-order valence-corrected chi connectivity index (χ4v) is 4.33. The summed E-state index contributed by atoms with van der Waals surface area (Å²) in [5.41, 5.74) is 1.35. The van der Waals surface area contributed by atoms with Crippen molar-refractivity contribution in [1.29, 1.82) is 0 Å². The molecule has 0 bridgehead atoms. The average molecular weight is 413 g/mol. The van der Waals surface area contributed by atoms with Crippen LogP contribution < -0.4 is 14.8 Å². The molecular formula is C22H24N2O4S. The molecule has 0 heterocycles. The van der Waals surface area contributed by atoms with Crippen molar-refractivity contribution < 1.29 is 17.9 Å². The molecule has 3 aromatic carbocycles. The van der Waals surface area contributed by atoms with E-state index in [1.165, 1.54) is 12.1 Å². The summed E-state index contributed by atoms with van der Waals surface area (Å²) in [6, 6.07) is 17.9. The minimum Gasteiger partial charge on any atom is -0.483 e. The normalized spacial score (nSPS) is 11.6. The number of sulfonamides is 1. The lowest BCUT2D eigenvalue weighted by molar-refractivity contribution is -0.118. The zero-order chi connectivity index (χ0) is 21.0. The van der Waals surface area contributed by atoms with Gasteiger partial charge in [0.15, 0.2) is 6.61 Å². The van der Waals surface area contributed by atoms with Gasteiger partial charge in [0, 0.05) is 17.1 Å². The highest BCUT2D eigenvalue weighted by Gasteiger charge is 2.17. The molecule has 0 aliphatic carbocycles. The van der Waals surface area contributed by atoms with E-state index in [2.05, 4.69) is 10.0 Å². The predicted octanol–water partition coefficient (Wildman–Crippen LogP) is 3.85. The van der Waals surface area contributed by atoms with Crippen LogP contribution in [0.25, 0.3) is 10.8 Å². The van der Waals surface area contributed by atoms with E-state index in [0.717, 1.165) is 16.5 Å². The van der Waals surface area contributed by atoms with E-state index in [-0.39, 0.29) is 23.5 Å². The summed E-state index contributed by atoms with van der Waals surface area (Å²) < 4.78 is 32.7. The first-order valence-corrected chi connectivity index (χ1v) is 10.8. The summed E-state index contributed by atoms with van der Waals surface area (Å²) in [6.45, 7) is 5.08. The van der Waals surface area contributed by atoms with Gasteiger partial charge in [-0.2, -0.15) is 0 Å². The summed E-state index contributed by atoms with van der Waals surface area (Å²) in [5.74, 6) is 0.167. The van der Waals surface area contributed by atoms with Crippen molar-refractivity contribution in [2.45, 2.75) is 31.7 Å². The van der Waals surface area contributed by atoms with Crippen molar-refractivity contribution in [2.75, 3.05) is 11.9 Å². The van der Waals surface area contributed by atoms with Gasteiger partial charge in [0.2, 0.25) is 10.0 Å². The molecule has 0 aromatic heterocycles. The Balaban J connectivity index is 1.67. The maximum absolute atomic E-state index is 12.3. The van der Waals surface area contributed by atoms with Crippen LogP contribution in [0.4, 0.5) is 5.69 Å². The van der Waals surface area contributed by atoms with Crippen LogP contribution in [0.5, 0.6) is 5.75 Å². The molecule has 7 heteroatoms. The van der Waals surface area contributed by atoms with Gasteiger partial charge in [-0.05, 0) is 56.0 Å². The molecule has 0 aliphatic rings. The lowest BCUT2D eigenvalue weighted by atomic mass is 10.1. The van der Waals surface area contributed by atoms with Gasteiger partial charge in [-0.3, -0.25) is 4.79 Å². The lowest BCUT2D eigenvalue weighted by Crippen LogP contribution is -2.30. The van der Waals surface area contributed by atoms with Gasteiger partial charge in [-0.25, -0.2) is 13.1 Å². The Bertz CT molecular complexity index is 1140. The molecule has 0 radical (unpaired) electrons. The molecule has 0 spiro atoms. The van der Waals surface area contributed by atoms with Gasteiger partial charge in [0.25, 0.3) is 5.91 Å². The van der Waals surface area contributed by atoms with Crippen molar-refractivity contribution in [3.05, 3.63) is 66.2 Å². The Morgan fingerprint density at radius 3 is 2.48 bits per heavy atom. The van der Waals surface area contributed by atoms with E-state index < -0.39 is 10.0 Å². The first-order valence-electron chi connectivity index (χ1n) is 9.29. The van der Waals surface area contributed by atoms with Crippen LogP contribution in [0.1, 0.15) is 19.4 Å². The second kappa shape index (κ2) is 8.63. The van der Waals surface area contributed by atoms with Crippen molar-refractivity contribution in [1.82, 2.24) is 4.72 Å². The Morgan fingerprint density at radius 2 is 1.76 bits per heavy atom. The lowest BCUT2D eigenvalue weighted by Gasteiger charge is -2.13. The first kappa shape index (κ1) is 20.8. The van der Waals surface area contributed by atoms with Crippen molar-refractivity contribution in [2.24, 2.45) is 0 Å². The molecule has 1 amide bonds. The zero-order valence-corrected chi connectivity index (χ0v) is 17.4. The van der Waals surface area contributed by atoms with E-state index in [4.69, 9.17) is 4.74 Å². The molecule has 0 atom stereocenters. The maximum atomic E-state index is 12.3. The highest BCUT2D eigenvalue weighted by atomic mass is 32.2. The third-order valence-electron chi connectivity index (χ3n) is 4.27. The topological polar surface area (TPSA) is 84.5 Å². The van der Waals surface area contributed by atoms with Crippen molar-refractivity contribution >= 4 is 32.4 Å². The highest BCUT2D eigenvalue weighted by molar-refractivity contribution is 7.89. The van der Waals surface area contributed by atoms with Crippen LogP contribution in [0.3, 0.4) is 0 Å². The fraction of sp³-hybridized carbons (Fsp3) is 0.227. The second-order valence-electron chi connectivity index (χ2n) is 7.07. The number of nitrogens with one attached hydrogen (secondary N) is 2. The third kappa shape index (κ3) is 5.13. The first-order chi connectivity index (χ1) is 13.8. The molecule has 29 heavy (non-hydrogen) atoms. The molecule has 0 fully saturated rings. The zero-order valence-electron chi connectivity index (χ0n) is 16.6. The molecule has 3 aromatic rings. The number of hydrogen-bond donors (Lipinski definition) is 2. The van der Waals surface area contributed by atoms with E-state index in [1.54, 1.807) is 26.8 Å². The summed E-state index contributed by atoms with van der Waals surface area (Å²) >= 11 is 0. The summed E-state index contributed by atoms with van der Waals surface area (Å²) in [7, 11) is -3.58.